The topological polar surface area (TPSA) is 21.3 Å². The van der Waals surface area contributed by atoms with E-state index in [1.807, 2.05) is 0 Å². The summed E-state index contributed by atoms with van der Waals surface area (Å²) in [6, 6.07) is 0. The molecular formula is C12H27NO. The fraction of sp³-hybridized carbons (Fsp3) is 1.00. The van der Waals surface area contributed by atoms with Gasteiger partial charge in [-0.3, -0.25) is 0 Å². The molecule has 0 aromatic heterocycles. The molecule has 86 valence electrons. The molecule has 0 aromatic rings. The molecule has 0 aromatic carbocycles. The summed E-state index contributed by atoms with van der Waals surface area (Å²) in [5, 5.41) is 3.43. The van der Waals surface area contributed by atoms with Crippen molar-refractivity contribution in [1.82, 2.24) is 5.32 Å². The van der Waals surface area contributed by atoms with Crippen LogP contribution >= 0.6 is 0 Å². The van der Waals surface area contributed by atoms with E-state index in [4.69, 9.17) is 4.74 Å². The molecular weight excluding hydrogens is 174 g/mol. The van der Waals surface area contributed by atoms with Gasteiger partial charge in [0.2, 0.25) is 0 Å². The molecule has 2 nitrogen and oxygen atoms in total. The van der Waals surface area contributed by atoms with Crippen LogP contribution in [0.5, 0.6) is 0 Å². The van der Waals surface area contributed by atoms with E-state index in [1.54, 1.807) is 0 Å². The van der Waals surface area contributed by atoms with Crippen molar-refractivity contribution in [2.24, 2.45) is 5.92 Å². The third-order valence-electron chi connectivity index (χ3n) is 2.02. The molecule has 0 bridgehead atoms. The average Bonchev–Trinajstić information content (AvgIpc) is 1.99. The Labute approximate surface area is 89.4 Å². The Morgan fingerprint density at radius 2 is 1.71 bits per heavy atom. The summed E-state index contributed by atoms with van der Waals surface area (Å²) < 4.78 is 5.69. The van der Waals surface area contributed by atoms with Crippen LogP contribution in [-0.2, 0) is 4.74 Å². The summed E-state index contributed by atoms with van der Waals surface area (Å²) in [5.74, 6) is 0.734. The quantitative estimate of drug-likeness (QED) is 0.713. The van der Waals surface area contributed by atoms with Crippen molar-refractivity contribution < 1.29 is 4.74 Å². The molecule has 0 spiro atoms. The zero-order valence-corrected chi connectivity index (χ0v) is 10.7. The van der Waals surface area contributed by atoms with Gasteiger partial charge in [0.1, 0.15) is 0 Å². The largest absolute Gasteiger partial charge is 0.377 e. The van der Waals surface area contributed by atoms with Crippen molar-refractivity contribution in [3.8, 4) is 0 Å². The predicted molar refractivity (Wildman–Crippen MR) is 62.6 cm³/mol. The Morgan fingerprint density at radius 3 is 2.14 bits per heavy atom. The van der Waals surface area contributed by atoms with Crippen molar-refractivity contribution in [3.05, 3.63) is 0 Å². The van der Waals surface area contributed by atoms with Crippen molar-refractivity contribution in [2.45, 2.75) is 59.6 Å². The molecule has 0 heterocycles. The van der Waals surface area contributed by atoms with Gasteiger partial charge in [0, 0.05) is 18.7 Å². The highest BCUT2D eigenvalue weighted by atomic mass is 16.5. The van der Waals surface area contributed by atoms with Gasteiger partial charge in [-0.05, 0) is 40.0 Å². The predicted octanol–water partition coefficient (Wildman–Crippen LogP) is 2.83. The van der Waals surface area contributed by atoms with Crippen LogP contribution in [-0.4, -0.2) is 24.8 Å². The van der Waals surface area contributed by atoms with Crippen LogP contribution in [0, 0.1) is 5.92 Å². The van der Waals surface area contributed by atoms with Gasteiger partial charge in [-0.1, -0.05) is 13.8 Å². The van der Waals surface area contributed by atoms with Gasteiger partial charge in [-0.2, -0.15) is 0 Å². The smallest absolute Gasteiger partial charge is 0.0671 e. The highest BCUT2D eigenvalue weighted by Gasteiger charge is 2.10. The van der Waals surface area contributed by atoms with Gasteiger partial charge in [-0.25, -0.2) is 0 Å². The van der Waals surface area contributed by atoms with Crippen LogP contribution in [0.25, 0.3) is 0 Å². The van der Waals surface area contributed by atoms with Crippen LogP contribution in [0.3, 0.4) is 0 Å². The highest BCUT2D eigenvalue weighted by Crippen LogP contribution is 2.03. The molecule has 0 saturated carbocycles. The number of hydrogen-bond donors (Lipinski definition) is 1. The first-order chi connectivity index (χ1) is 6.31. The van der Waals surface area contributed by atoms with E-state index < -0.39 is 0 Å². The van der Waals surface area contributed by atoms with E-state index in [2.05, 4.69) is 46.9 Å². The first-order valence-electron chi connectivity index (χ1n) is 5.68. The molecule has 0 aliphatic heterocycles. The molecule has 0 fully saturated rings. The second kappa shape index (κ2) is 6.41. The zero-order valence-electron chi connectivity index (χ0n) is 10.7. The van der Waals surface area contributed by atoms with E-state index in [1.165, 1.54) is 0 Å². The number of rotatable bonds is 6. The molecule has 14 heavy (non-hydrogen) atoms. The first kappa shape index (κ1) is 13.9. The highest BCUT2D eigenvalue weighted by molar-refractivity contribution is 4.71. The van der Waals surface area contributed by atoms with Gasteiger partial charge < -0.3 is 10.1 Å². The second-order valence-corrected chi connectivity index (χ2v) is 5.49. The Hall–Kier alpha value is -0.0800. The fourth-order valence-electron chi connectivity index (χ4n) is 1.01. The first-order valence-corrected chi connectivity index (χ1v) is 5.68. The molecule has 2 heteroatoms. The lowest BCUT2D eigenvalue weighted by Gasteiger charge is -2.23. The SMILES string of the molecule is CC(C)CCOC(C)CNC(C)(C)C. The standard InChI is InChI=1S/C12H27NO/c1-10(2)7-8-14-11(3)9-13-12(4,5)6/h10-11,13H,7-9H2,1-6H3. The Kier molecular flexibility index (Phi) is 6.38. The molecule has 0 aliphatic carbocycles. The van der Waals surface area contributed by atoms with Crippen molar-refractivity contribution in [2.75, 3.05) is 13.2 Å². The van der Waals surface area contributed by atoms with Crippen molar-refractivity contribution in [3.63, 3.8) is 0 Å². The van der Waals surface area contributed by atoms with E-state index >= 15 is 0 Å². The molecule has 1 atom stereocenters. The molecule has 0 amide bonds. The van der Waals surface area contributed by atoms with E-state index in [9.17, 15) is 0 Å². The maximum Gasteiger partial charge on any atom is 0.0671 e. The molecule has 0 radical (unpaired) electrons. The van der Waals surface area contributed by atoms with Crippen LogP contribution in [0.2, 0.25) is 0 Å². The van der Waals surface area contributed by atoms with Gasteiger partial charge in [-0.15, -0.1) is 0 Å². The Bertz CT molecular complexity index is 138. The van der Waals surface area contributed by atoms with Gasteiger partial charge in [0.25, 0.3) is 0 Å². The number of ether oxygens (including phenoxy) is 1. The summed E-state index contributed by atoms with van der Waals surface area (Å²) in [4.78, 5) is 0. The summed E-state index contributed by atoms with van der Waals surface area (Å²) in [7, 11) is 0. The molecule has 0 saturated heterocycles. The van der Waals surface area contributed by atoms with Crippen molar-refractivity contribution >= 4 is 0 Å². The molecule has 1 unspecified atom stereocenters. The summed E-state index contributed by atoms with van der Waals surface area (Å²) in [5.41, 5.74) is 0.190. The lowest BCUT2D eigenvalue weighted by Crippen LogP contribution is -2.40. The fourth-order valence-corrected chi connectivity index (χ4v) is 1.01. The van der Waals surface area contributed by atoms with E-state index in [-0.39, 0.29) is 5.54 Å². The zero-order chi connectivity index (χ0) is 11.2. The third kappa shape index (κ3) is 10.0. The molecule has 0 aliphatic rings. The minimum absolute atomic E-state index is 0.190. The molecule has 1 N–H and O–H groups in total. The maximum absolute atomic E-state index is 5.69. The summed E-state index contributed by atoms with van der Waals surface area (Å²) >= 11 is 0. The van der Waals surface area contributed by atoms with Gasteiger partial charge in [0.15, 0.2) is 0 Å². The molecule has 0 rings (SSSR count). The van der Waals surface area contributed by atoms with E-state index in [0.717, 1.165) is 25.5 Å². The lowest BCUT2D eigenvalue weighted by atomic mass is 10.1. The minimum Gasteiger partial charge on any atom is -0.377 e. The minimum atomic E-state index is 0.190. The van der Waals surface area contributed by atoms with Crippen molar-refractivity contribution in [1.29, 1.82) is 0 Å². The van der Waals surface area contributed by atoms with Crippen LogP contribution in [0.15, 0.2) is 0 Å². The lowest BCUT2D eigenvalue weighted by molar-refractivity contribution is 0.0547. The second-order valence-electron chi connectivity index (χ2n) is 5.49. The van der Waals surface area contributed by atoms with Crippen LogP contribution in [0.1, 0.15) is 48.0 Å². The summed E-state index contributed by atoms with van der Waals surface area (Å²) in [6.45, 7) is 14.9. The van der Waals surface area contributed by atoms with Crippen LogP contribution < -0.4 is 5.32 Å². The third-order valence-corrected chi connectivity index (χ3v) is 2.02. The van der Waals surface area contributed by atoms with Crippen LogP contribution in [0.4, 0.5) is 0 Å². The Morgan fingerprint density at radius 1 is 1.14 bits per heavy atom. The monoisotopic (exact) mass is 201 g/mol. The summed E-state index contributed by atoms with van der Waals surface area (Å²) in [6.07, 6.45) is 1.47. The van der Waals surface area contributed by atoms with E-state index in [0.29, 0.717) is 6.10 Å². The Balaban J connectivity index is 3.42. The number of nitrogens with one attached hydrogen (secondary N) is 1. The van der Waals surface area contributed by atoms with Gasteiger partial charge >= 0.3 is 0 Å². The normalized spacial score (nSPS) is 14.8. The number of hydrogen-bond acceptors (Lipinski definition) is 2. The van der Waals surface area contributed by atoms with Gasteiger partial charge in [0.05, 0.1) is 6.10 Å². The maximum atomic E-state index is 5.69. The average molecular weight is 201 g/mol.